The number of nitrogens with zero attached hydrogens (tertiary/aromatic N) is 1. The Kier molecular flexibility index (Phi) is 5.22. The summed E-state index contributed by atoms with van der Waals surface area (Å²) in [5, 5.41) is 11.8. The zero-order valence-corrected chi connectivity index (χ0v) is 17.6. The Labute approximate surface area is 179 Å². The monoisotopic (exact) mass is 419 g/mol. The number of H-pyrrole nitrogens is 1. The van der Waals surface area contributed by atoms with E-state index in [9.17, 15) is 9.90 Å². The Bertz CT molecular complexity index is 1260. The number of fused-ring (bicyclic) bond motifs is 1. The maximum absolute atomic E-state index is 11.2. The van der Waals surface area contributed by atoms with Gasteiger partial charge in [-0.1, -0.05) is 55.8 Å². The number of benzene rings is 3. The Hall–Kier alpha value is -3.31. The van der Waals surface area contributed by atoms with Gasteiger partial charge >= 0.3 is 0 Å². The van der Waals surface area contributed by atoms with E-state index in [4.69, 9.17) is 16.3 Å². The van der Waals surface area contributed by atoms with Gasteiger partial charge in [0.2, 0.25) is 0 Å². The molecule has 0 bridgehead atoms. The van der Waals surface area contributed by atoms with Crippen molar-refractivity contribution in [2.45, 2.75) is 26.7 Å². The number of halogens is 1. The van der Waals surface area contributed by atoms with E-state index in [-0.39, 0.29) is 11.6 Å². The van der Waals surface area contributed by atoms with Crippen LogP contribution in [0.4, 0.5) is 0 Å². The summed E-state index contributed by atoms with van der Waals surface area (Å²) >= 11 is 6.55. The maximum atomic E-state index is 11.2. The summed E-state index contributed by atoms with van der Waals surface area (Å²) in [6.07, 6.45) is 0. The molecular weight excluding hydrogens is 400 g/mol. The van der Waals surface area contributed by atoms with Crippen LogP contribution in [-0.2, 0) is 0 Å². The fourth-order valence-corrected chi connectivity index (χ4v) is 3.61. The van der Waals surface area contributed by atoms with Crippen molar-refractivity contribution >= 4 is 28.6 Å². The van der Waals surface area contributed by atoms with E-state index < -0.39 is 5.97 Å². The Morgan fingerprint density at radius 3 is 2.67 bits per heavy atom. The topological polar surface area (TPSA) is 78.0 Å². The number of aryl methyl sites for hydroxylation is 1. The minimum atomic E-state index is -1.25. The van der Waals surface area contributed by atoms with Gasteiger partial charge in [0.1, 0.15) is 5.75 Å². The highest BCUT2D eigenvalue weighted by Gasteiger charge is 2.12. The Balaban J connectivity index is 1.70. The molecule has 6 heteroatoms. The first-order valence-corrected chi connectivity index (χ1v) is 9.99. The van der Waals surface area contributed by atoms with E-state index in [1.54, 1.807) is 19.1 Å². The zero-order valence-electron chi connectivity index (χ0n) is 16.8. The third kappa shape index (κ3) is 3.89. The number of ether oxygens (including phenoxy) is 1. The van der Waals surface area contributed by atoms with Gasteiger partial charge in [0.15, 0.2) is 0 Å². The number of nitrogens with one attached hydrogen (secondary N) is 1. The third-order valence-corrected chi connectivity index (χ3v) is 5.37. The normalized spacial score (nSPS) is 11.2. The summed E-state index contributed by atoms with van der Waals surface area (Å²) in [4.78, 5) is 18.8. The lowest BCUT2D eigenvalue weighted by molar-refractivity contribution is -0.255. The van der Waals surface area contributed by atoms with Crippen molar-refractivity contribution in [1.29, 1.82) is 0 Å². The van der Waals surface area contributed by atoms with E-state index in [1.165, 1.54) is 11.6 Å². The van der Waals surface area contributed by atoms with Gasteiger partial charge in [-0.3, -0.25) is 0 Å². The number of rotatable bonds is 5. The molecule has 152 valence electrons. The van der Waals surface area contributed by atoms with Crippen LogP contribution >= 0.6 is 11.6 Å². The number of carboxylic acids is 1. The van der Waals surface area contributed by atoms with Gasteiger partial charge in [0.05, 0.1) is 22.0 Å². The summed E-state index contributed by atoms with van der Waals surface area (Å²) in [6, 6.07) is 17.0. The molecule has 0 unspecified atom stereocenters. The van der Waals surface area contributed by atoms with Crippen molar-refractivity contribution < 1.29 is 14.6 Å². The molecule has 0 amide bonds. The van der Waals surface area contributed by atoms with Crippen LogP contribution in [0.3, 0.4) is 0 Å². The predicted octanol–water partition coefficient (Wildman–Crippen LogP) is 5.47. The van der Waals surface area contributed by atoms with Crippen LogP contribution in [0, 0.1) is 6.92 Å². The lowest BCUT2D eigenvalue weighted by Gasteiger charge is -2.09. The van der Waals surface area contributed by atoms with Crippen LogP contribution < -0.4 is 9.84 Å². The highest BCUT2D eigenvalue weighted by molar-refractivity contribution is 6.34. The van der Waals surface area contributed by atoms with Crippen LogP contribution in [0.5, 0.6) is 11.8 Å². The molecule has 0 radical (unpaired) electrons. The average Bonchev–Trinajstić information content (AvgIpc) is 3.09. The summed E-state index contributed by atoms with van der Waals surface area (Å²) < 4.78 is 5.74. The molecular formula is C24H20ClN2O3-. The zero-order chi connectivity index (χ0) is 21.4. The molecule has 1 N–H and O–H groups in total. The van der Waals surface area contributed by atoms with Crippen molar-refractivity contribution in [2.75, 3.05) is 0 Å². The first kappa shape index (κ1) is 20.0. The molecule has 4 aromatic rings. The van der Waals surface area contributed by atoms with Crippen LogP contribution in [-0.4, -0.2) is 15.9 Å². The Morgan fingerprint density at radius 1 is 1.13 bits per heavy atom. The summed E-state index contributed by atoms with van der Waals surface area (Å²) in [5.41, 5.74) is 5.26. The number of aromatic nitrogens is 2. The van der Waals surface area contributed by atoms with E-state index in [0.717, 1.165) is 16.6 Å². The molecule has 0 spiro atoms. The first-order chi connectivity index (χ1) is 14.3. The SMILES string of the molecule is Cc1ccc(Oc2nc3cc(-c4cccc(C(C)C)c4)c(Cl)cc3[nH]2)cc1C(=O)[O-]. The first-order valence-electron chi connectivity index (χ1n) is 9.61. The Morgan fingerprint density at radius 2 is 1.93 bits per heavy atom. The van der Waals surface area contributed by atoms with E-state index in [1.807, 2.05) is 24.3 Å². The maximum Gasteiger partial charge on any atom is 0.300 e. The molecule has 0 fully saturated rings. The van der Waals surface area contributed by atoms with Crippen LogP contribution in [0.1, 0.15) is 41.3 Å². The number of hydrogen-bond donors (Lipinski definition) is 1. The molecule has 0 aliphatic heterocycles. The number of aromatic amines is 1. The predicted molar refractivity (Wildman–Crippen MR) is 116 cm³/mol. The molecule has 0 aliphatic rings. The fourth-order valence-electron chi connectivity index (χ4n) is 3.34. The summed E-state index contributed by atoms with van der Waals surface area (Å²) in [5.74, 6) is -0.476. The van der Waals surface area contributed by atoms with Gasteiger partial charge in [-0.15, -0.1) is 0 Å². The van der Waals surface area contributed by atoms with Crippen LogP contribution in [0.2, 0.25) is 5.02 Å². The second-order valence-electron chi connectivity index (χ2n) is 7.54. The molecule has 0 saturated carbocycles. The summed E-state index contributed by atoms with van der Waals surface area (Å²) in [7, 11) is 0. The van der Waals surface area contributed by atoms with E-state index >= 15 is 0 Å². The average molecular weight is 420 g/mol. The summed E-state index contributed by atoms with van der Waals surface area (Å²) in [6.45, 7) is 6.00. The van der Waals surface area contributed by atoms with Gasteiger partial charge in [-0.2, -0.15) is 4.98 Å². The van der Waals surface area contributed by atoms with Crippen molar-refractivity contribution in [3.8, 4) is 22.9 Å². The highest BCUT2D eigenvalue weighted by Crippen LogP contribution is 2.34. The molecule has 1 aromatic heterocycles. The lowest BCUT2D eigenvalue weighted by atomic mass is 9.97. The molecule has 0 atom stereocenters. The van der Waals surface area contributed by atoms with Crippen molar-refractivity contribution in [3.05, 3.63) is 76.3 Å². The minimum absolute atomic E-state index is 0.0824. The third-order valence-electron chi connectivity index (χ3n) is 5.06. The fraction of sp³-hybridized carbons (Fsp3) is 0.167. The van der Waals surface area contributed by atoms with Gasteiger partial charge in [0, 0.05) is 11.1 Å². The number of hydrogen-bond acceptors (Lipinski definition) is 4. The van der Waals surface area contributed by atoms with Gasteiger partial charge in [-0.05, 0) is 53.8 Å². The standard InChI is InChI=1S/C24H21ClN2O3/c1-13(2)15-5-4-6-16(9-15)19-11-21-22(12-20(19)25)27-24(26-21)30-17-8-7-14(3)18(10-17)23(28)29/h4-13H,1-3H3,(H,26,27)(H,28,29)/p-1. The minimum Gasteiger partial charge on any atom is -0.545 e. The molecule has 0 aliphatic carbocycles. The smallest absolute Gasteiger partial charge is 0.300 e. The van der Waals surface area contributed by atoms with Crippen molar-refractivity contribution in [3.63, 3.8) is 0 Å². The van der Waals surface area contributed by atoms with Crippen molar-refractivity contribution in [1.82, 2.24) is 9.97 Å². The highest BCUT2D eigenvalue weighted by atomic mass is 35.5. The van der Waals surface area contributed by atoms with Gasteiger partial charge in [0.25, 0.3) is 6.01 Å². The number of carbonyl (C=O) groups is 1. The molecule has 3 aromatic carbocycles. The van der Waals surface area contributed by atoms with Crippen LogP contribution in [0.25, 0.3) is 22.2 Å². The van der Waals surface area contributed by atoms with Gasteiger partial charge in [-0.25, -0.2) is 0 Å². The molecule has 1 heterocycles. The number of aromatic carboxylic acids is 1. The van der Waals surface area contributed by atoms with Crippen molar-refractivity contribution in [2.24, 2.45) is 0 Å². The number of imidazole rings is 1. The molecule has 4 rings (SSSR count). The molecule has 5 nitrogen and oxygen atoms in total. The number of carbonyl (C=O) groups excluding carboxylic acids is 1. The van der Waals surface area contributed by atoms with E-state index in [0.29, 0.717) is 27.8 Å². The second kappa shape index (κ2) is 7.84. The largest absolute Gasteiger partial charge is 0.545 e. The quantitative estimate of drug-likeness (QED) is 0.465. The molecule has 30 heavy (non-hydrogen) atoms. The van der Waals surface area contributed by atoms with Crippen LogP contribution in [0.15, 0.2) is 54.6 Å². The van der Waals surface area contributed by atoms with Gasteiger partial charge < -0.3 is 19.6 Å². The van der Waals surface area contributed by atoms with E-state index in [2.05, 4.69) is 35.9 Å². The second-order valence-corrected chi connectivity index (χ2v) is 7.94. The lowest BCUT2D eigenvalue weighted by Crippen LogP contribution is -2.23. The molecule has 0 saturated heterocycles. The number of carboxylic acid groups (broad SMARTS) is 1.